The van der Waals surface area contributed by atoms with Crippen molar-refractivity contribution in [2.24, 2.45) is 0 Å². The average molecular weight is 362 g/mol. The Bertz CT molecular complexity index is 677. The van der Waals surface area contributed by atoms with Crippen molar-refractivity contribution in [1.29, 1.82) is 0 Å². The lowest BCUT2D eigenvalue weighted by Gasteiger charge is -2.23. The summed E-state index contributed by atoms with van der Waals surface area (Å²) in [5.74, 6) is -2.09. The Hall–Kier alpha value is -3.03. The highest BCUT2D eigenvalue weighted by Crippen LogP contribution is 2.15. The molecule has 0 bridgehead atoms. The highest BCUT2D eigenvalue weighted by Gasteiger charge is 2.29. The number of ether oxygens (including phenoxy) is 1. The Labute approximate surface area is 150 Å². The van der Waals surface area contributed by atoms with Crippen LogP contribution >= 0.6 is 0 Å². The number of phenols is 1. The minimum atomic E-state index is -1.19. The van der Waals surface area contributed by atoms with Crippen LogP contribution in [0.2, 0.25) is 0 Å². The minimum Gasteiger partial charge on any atom is -0.508 e. The first-order valence-corrected chi connectivity index (χ1v) is 8.24. The second-order valence-corrected chi connectivity index (χ2v) is 6.12. The fraction of sp³-hybridized carbons (Fsp3) is 0.389. The molecule has 8 heteroatoms. The summed E-state index contributed by atoms with van der Waals surface area (Å²) in [6.45, 7) is 1.29. The number of carbonyl (C=O) groups excluding carboxylic acids is 2. The number of carboxylic acid groups (broad SMARTS) is 1. The predicted octanol–water partition coefficient (Wildman–Crippen LogP) is 0.701. The van der Waals surface area contributed by atoms with Gasteiger partial charge in [-0.05, 0) is 23.8 Å². The smallest absolute Gasteiger partial charge is 0.326 e. The Balaban J connectivity index is 2.03. The Morgan fingerprint density at radius 1 is 1.19 bits per heavy atom. The molecular formula is C18H22N2O6. The minimum absolute atomic E-state index is 0.0512. The third-order valence-corrected chi connectivity index (χ3v) is 3.95. The standard InChI is InChI=1S/C18H22N2O6/c1-11(21)19-15(10-14-3-2-8-26-14)17(23)20-16(18(24)25)9-12-4-6-13(22)7-5-12/h2,4-8,14-16,22H,3,9-10H2,1H3,(H,19,21)(H,20,23)(H,24,25)/t14?,15-,16-/m0/s1. The van der Waals surface area contributed by atoms with Crippen LogP contribution in [0.3, 0.4) is 0 Å². The number of nitrogens with one attached hydrogen (secondary N) is 2. The van der Waals surface area contributed by atoms with E-state index in [1.165, 1.54) is 25.3 Å². The average Bonchev–Trinajstić information content (AvgIpc) is 3.08. The van der Waals surface area contributed by atoms with Crippen molar-refractivity contribution in [3.8, 4) is 5.75 Å². The van der Waals surface area contributed by atoms with Crippen LogP contribution in [0, 0.1) is 0 Å². The highest BCUT2D eigenvalue weighted by molar-refractivity contribution is 5.90. The van der Waals surface area contributed by atoms with E-state index in [1.54, 1.807) is 12.1 Å². The molecule has 1 heterocycles. The first kappa shape index (κ1) is 19.3. The fourth-order valence-electron chi connectivity index (χ4n) is 2.66. The molecule has 0 fully saturated rings. The molecule has 2 amide bonds. The molecule has 3 atom stereocenters. The molecule has 26 heavy (non-hydrogen) atoms. The molecule has 2 rings (SSSR count). The number of hydrogen-bond acceptors (Lipinski definition) is 5. The third kappa shape index (κ3) is 5.80. The number of aliphatic carboxylic acids is 1. The Morgan fingerprint density at radius 3 is 2.42 bits per heavy atom. The molecule has 1 aliphatic heterocycles. The summed E-state index contributed by atoms with van der Waals surface area (Å²) in [6, 6.07) is 4.01. The van der Waals surface area contributed by atoms with Gasteiger partial charge in [0.1, 0.15) is 23.9 Å². The zero-order valence-corrected chi connectivity index (χ0v) is 14.3. The van der Waals surface area contributed by atoms with Gasteiger partial charge in [-0.15, -0.1) is 0 Å². The van der Waals surface area contributed by atoms with Crippen molar-refractivity contribution in [2.75, 3.05) is 0 Å². The maximum Gasteiger partial charge on any atom is 0.326 e. The van der Waals surface area contributed by atoms with Crippen molar-refractivity contribution in [1.82, 2.24) is 10.6 Å². The molecule has 4 N–H and O–H groups in total. The monoisotopic (exact) mass is 362 g/mol. The normalized spacial score (nSPS) is 17.8. The van der Waals surface area contributed by atoms with Crippen molar-refractivity contribution in [2.45, 2.75) is 44.4 Å². The van der Waals surface area contributed by atoms with E-state index in [-0.39, 0.29) is 30.6 Å². The van der Waals surface area contributed by atoms with E-state index in [9.17, 15) is 24.6 Å². The number of rotatable bonds is 8. The molecule has 0 saturated carbocycles. The number of carbonyl (C=O) groups is 3. The molecule has 0 saturated heterocycles. The summed E-state index contributed by atoms with van der Waals surface area (Å²) < 4.78 is 5.32. The Kier molecular flexibility index (Phi) is 6.60. The van der Waals surface area contributed by atoms with Crippen molar-refractivity contribution in [3.63, 3.8) is 0 Å². The van der Waals surface area contributed by atoms with Crippen LogP contribution in [0.5, 0.6) is 5.75 Å². The number of carboxylic acids is 1. The molecule has 8 nitrogen and oxygen atoms in total. The number of aromatic hydroxyl groups is 1. The highest BCUT2D eigenvalue weighted by atomic mass is 16.5. The van der Waals surface area contributed by atoms with Gasteiger partial charge in [0.25, 0.3) is 0 Å². The largest absolute Gasteiger partial charge is 0.508 e. The molecule has 1 aromatic carbocycles. The third-order valence-electron chi connectivity index (χ3n) is 3.95. The van der Waals surface area contributed by atoms with Crippen LogP contribution in [-0.4, -0.2) is 46.2 Å². The number of hydrogen-bond donors (Lipinski definition) is 4. The summed E-state index contributed by atoms with van der Waals surface area (Å²) in [5, 5.41) is 23.7. The molecule has 0 aromatic heterocycles. The van der Waals surface area contributed by atoms with Gasteiger partial charge in [0.15, 0.2) is 0 Å². The van der Waals surface area contributed by atoms with Crippen LogP contribution in [0.4, 0.5) is 0 Å². The van der Waals surface area contributed by atoms with Crippen molar-refractivity contribution < 1.29 is 29.3 Å². The van der Waals surface area contributed by atoms with Crippen LogP contribution < -0.4 is 10.6 Å². The van der Waals surface area contributed by atoms with E-state index < -0.39 is 24.0 Å². The van der Waals surface area contributed by atoms with E-state index in [1.807, 2.05) is 6.08 Å². The molecule has 0 radical (unpaired) electrons. The van der Waals surface area contributed by atoms with E-state index in [4.69, 9.17) is 4.74 Å². The molecule has 1 aromatic rings. The van der Waals surface area contributed by atoms with Gasteiger partial charge in [0, 0.05) is 26.2 Å². The van der Waals surface area contributed by atoms with Gasteiger partial charge < -0.3 is 25.6 Å². The van der Waals surface area contributed by atoms with Gasteiger partial charge in [-0.3, -0.25) is 9.59 Å². The zero-order chi connectivity index (χ0) is 19.1. The molecule has 140 valence electrons. The second-order valence-electron chi connectivity index (χ2n) is 6.12. The predicted molar refractivity (Wildman–Crippen MR) is 92.2 cm³/mol. The zero-order valence-electron chi connectivity index (χ0n) is 14.3. The molecular weight excluding hydrogens is 340 g/mol. The summed E-state index contributed by atoms with van der Waals surface area (Å²) >= 11 is 0. The van der Waals surface area contributed by atoms with Crippen LogP contribution in [-0.2, 0) is 25.5 Å². The van der Waals surface area contributed by atoms with E-state index >= 15 is 0 Å². The molecule has 1 aliphatic rings. The topological polar surface area (TPSA) is 125 Å². The first-order chi connectivity index (χ1) is 12.3. The van der Waals surface area contributed by atoms with Crippen molar-refractivity contribution >= 4 is 17.8 Å². The van der Waals surface area contributed by atoms with Crippen LogP contribution in [0.1, 0.15) is 25.3 Å². The SMILES string of the molecule is CC(=O)N[C@@H](CC1CC=CO1)C(=O)N[C@@H](Cc1ccc(O)cc1)C(=O)O. The lowest BCUT2D eigenvalue weighted by molar-refractivity contribution is -0.142. The summed E-state index contributed by atoms with van der Waals surface area (Å²) in [7, 11) is 0. The summed E-state index contributed by atoms with van der Waals surface area (Å²) in [5.41, 5.74) is 0.648. The van der Waals surface area contributed by atoms with Crippen LogP contribution in [0.25, 0.3) is 0 Å². The van der Waals surface area contributed by atoms with Crippen LogP contribution in [0.15, 0.2) is 36.6 Å². The van der Waals surface area contributed by atoms with E-state index in [0.29, 0.717) is 12.0 Å². The molecule has 0 spiro atoms. The van der Waals surface area contributed by atoms with Gasteiger partial charge in [-0.2, -0.15) is 0 Å². The molecule has 1 unspecified atom stereocenters. The number of phenolic OH excluding ortho intramolecular Hbond substituents is 1. The fourth-order valence-corrected chi connectivity index (χ4v) is 2.66. The lowest BCUT2D eigenvalue weighted by atomic mass is 10.0. The van der Waals surface area contributed by atoms with E-state index in [0.717, 1.165) is 0 Å². The number of amides is 2. The van der Waals surface area contributed by atoms with Gasteiger partial charge >= 0.3 is 5.97 Å². The quantitative estimate of drug-likeness (QED) is 0.540. The maximum atomic E-state index is 12.5. The number of benzene rings is 1. The van der Waals surface area contributed by atoms with Gasteiger partial charge in [-0.25, -0.2) is 4.79 Å². The van der Waals surface area contributed by atoms with Gasteiger partial charge in [0.2, 0.25) is 11.8 Å². The first-order valence-electron chi connectivity index (χ1n) is 8.24. The Morgan fingerprint density at radius 2 is 1.88 bits per heavy atom. The molecule has 0 aliphatic carbocycles. The van der Waals surface area contributed by atoms with Gasteiger partial charge in [0.05, 0.1) is 6.26 Å². The maximum absolute atomic E-state index is 12.5. The van der Waals surface area contributed by atoms with Gasteiger partial charge in [-0.1, -0.05) is 12.1 Å². The summed E-state index contributed by atoms with van der Waals surface area (Å²) in [4.78, 5) is 35.4. The van der Waals surface area contributed by atoms with E-state index in [2.05, 4.69) is 10.6 Å². The lowest BCUT2D eigenvalue weighted by Crippen LogP contribution is -2.52. The summed E-state index contributed by atoms with van der Waals surface area (Å²) in [6.07, 6.45) is 4.04. The van der Waals surface area contributed by atoms with Crippen molar-refractivity contribution in [3.05, 3.63) is 42.2 Å². The second kappa shape index (κ2) is 8.89.